The topological polar surface area (TPSA) is 99.2 Å². The highest BCUT2D eigenvalue weighted by atomic mass is 32.2. The average molecular weight is 380 g/mol. The van der Waals surface area contributed by atoms with Gasteiger partial charge in [0.15, 0.2) is 5.96 Å². The van der Waals surface area contributed by atoms with Gasteiger partial charge in [-0.25, -0.2) is 13.4 Å². The van der Waals surface area contributed by atoms with Crippen LogP contribution in [0.25, 0.3) is 11.0 Å². The lowest BCUT2D eigenvalue weighted by molar-refractivity contribution is 0.581. The van der Waals surface area contributed by atoms with Crippen molar-refractivity contribution in [2.45, 2.75) is 39.2 Å². The minimum absolute atomic E-state index is 0.0397. The Bertz CT molecular complexity index is 796. The molecular formula is C18H29N5O2S. The maximum atomic E-state index is 11.3. The molecule has 3 N–H and O–H groups in total. The van der Waals surface area contributed by atoms with Gasteiger partial charge in [-0.15, -0.1) is 0 Å². The second kappa shape index (κ2) is 9.56. The van der Waals surface area contributed by atoms with E-state index < -0.39 is 9.84 Å². The Morgan fingerprint density at radius 1 is 1.35 bits per heavy atom. The summed E-state index contributed by atoms with van der Waals surface area (Å²) in [5, 5.41) is 6.46. The molecule has 0 aliphatic heterocycles. The first-order valence-corrected chi connectivity index (χ1v) is 11.1. The molecule has 0 spiro atoms. The van der Waals surface area contributed by atoms with Crippen molar-refractivity contribution in [3.05, 3.63) is 30.1 Å². The number of imidazole rings is 1. The number of hydrogen-bond donors (Lipinski definition) is 3. The fourth-order valence-corrected chi connectivity index (χ4v) is 3.36. The van der Waals surface area contributed by atoms with Crippen LogP contribution in [0.5, 0.6) is 0 Å². The molecular weight excluding hydrogens is 350 g/mol. The van der Waals surface area contributed by atoms with Crippen LogP contribution in [0.2, 0.25) is 0 Å². The number of H-pyrrole nitrogens is 1. The summed E-state index contributed by atoms with van der Waals surface area (Å²) in [4.78, 5) is 12.5. The molecule has 26 heavy (non-hydrogen) atoms. The first-order chi connectivity index (χ1) is 12.4. The molecule has 1 aromatic carbocycles. The molecule has 0 bridgehead atoms. The number of para-hydroxylation sites is 2. The summed E-state index contributed by atoms with van der Waals surface area (Å²) < 4.78 is 22.5. The van der Waals surface area contributed by atoms with E-state index in [9.17, 15) is 8.42 Å². The third-order valence-corrected chi connectivity index (χ3v) is 4.91. The molecule has 0 amide bonds. The van der Waals surface area contributed by atoms with Gasteiger partial charge >= 0.3 is 0 Å². The molecule has 1 heterocycles. The van der Waals surface area contributed by atoms with Gasteiger partial charge in [-0.05, 0) is 38.8 Å². The Hall–Kier alpha value is -2.09. The van der Waals surface area contributed by atoms with Crippen molar-refractivity contribution in [2.24, 2.45) is 4.99 Å². The summed E-state index contributed by atoms with van der Waals surface area (Å²) in [6.07, 6.45) is 3.54. The quantitative estimate of drug-likeness (QED) is 0.351. The minimum atomic E-state index is -2.94. The number of nitrogens with one attached hydrogen (secondary N) is 3. The van der Waals surface area contributed by atoms with Crippen LogP contribution < -0.4 is 10.6 Å². The number of rotatable bonds is 9. The molecule has 7 nitrogen and oxygen atoms in total. The SMILES string of the molecule is CCNC(=NCCCc1nc2ccccc2[nH]1)NC(C)CCS(C)(=O)=O. The Morgan fingerprint density at radius 3 is 2.81 bits per heavy atom. The lowest BCUT2D eigenvalue weighted by Gasteiger charge is -2.17. The van der Waals surface area contributed by atoms with Crippen LogP contribution in [-0.4, -0.2) is 55.5 Å². The van der Waals surface area contributed by atoms with E-state index in [0.717, 1.165) is 42.2 Å². The molecule has 0 radical (unpaired) electrons. The highest BCUT2D eigenvalue weighted by molar-refractivity contribution is 7.90. The number of aromatic amines is 1. The van der Waals surface area contributed by atoms with Gasteiger partial charge in [0.1, 0.15) is 15.7 Å². The van der Waals surface area contributed by atoms with Crippen molar-refractivity contribution in [3.63, 3.8) is 0 Å². The van der Waals surface area contributed by atoms with E-state index in [1.165, 1.54) is 6.26 Å². The maximum Gasteiger partial charge on any atom is 0.191 e. The van der Waals surface area contributed by atoms with Crippen LogP contribution in [0.1, 0.15) is 32.5 Å². The molecule has 0 fully saturated rings. The summed E-state index contributed by atoms with van der Waals surface area (Å²) >= 11 is 0. The lowest BCUT2D eigenvalue weighted by Crippen LogP contribution is -2.42. The zero-order chi connectivity index (χ0) is 19.0. The molecule has 1 unspecified atom stereocenters. The molecule has 144 valence electrons. The Kier molecular flexibility index (Phi) is 7.44. The summed E-state index contributed by atoms with van der Waals surface area (Å²) in [5.41, 5.74) is 2.04. The molecule has 0 saturated carbocycles. The predicted molar refractivity (Wildman–Crippen MR) is 107 cm³/mol. The van der Waals surface area contributed by atoms with E-state index in [4.69, 9.17) is 0 Å². The molecule has 8 heteroatoms. The number of hydrogen-bond acceptors (Lipinski definition) is 4. The van der Waals surface area contributed by atoms with Crippen LogP contribution in [0.4, 0.5) is 0 Å². The van der Waals surface area contributed by atoms with E-state index in [2.05, 4.69) is 25.6 Å². The van der Waals surface area contributed by atoms with Gasteiger partial charge in [0, 0.05) is 31.8 Å². The van der Waals surface area contributed by atoms with Crippen molar-refractivity contribution in [1.29, 1.82) is 0 Å². The van der Waals surface area contributed by atoms with Crippen LogP contribution in [0, 0.1) is 0 Å². The van der Waals surface area contributed by atoms with Crippen LogP contribution >= 0.6 is 0 Å². The standard InChI is InChI=1S/C18H29N5O2S/c1-4-19-18(21-14(2)11-13-26(3,24)25)20-12-7-10-17-22-15-8-5-6-9-16(15)23-17/h5-6,8-9,14H,4,7,10-13H2,1-3H3,(H,22,23)(H2,19,20,21). The maximum absolute atomic E-state index is 11.3. The number of nitrogens with zero attached hydrogens (tertiary/aromatic N) is 2. The summed E-state index contributed by atoms with van der Waals surface area (Å²) in [6.45, 7) is 5.40. The lowest BCUT2D eigenvalue weighted by atomic mass is 10.2. The summed E-state index contributed by atoms with van der Waals surface area (Å²) in [5.74, 6) is 1.87. The summed E-state index contributed by atoms with van der Waals surface area (Å²) in [7, 11) is -2.94. The number of aliphatic imine (C=N–C) groups is 1. The van der Waals surface area contributed by atoms with Crippen LogP contribution in [-0.2, 0) is 16.3 Å². The first-order valence-electron chi connectivity index (χ1n) is 9.03. The number of fused-ring (bicyclic) bond motifs is 1. The van der Waals surface area contributed by atoms with E-state index >= 15 is 0 Å². The second-order valence-corrected chi connectivity index (χ2v) is 8.79. The van der Waals surface area contributed by atoms with Crippen LogP contribution in [0.15, 0.2) is 29.3 Å². The van der Waals surface area contributed by atoms with Crippen molar-refractivity contribution >= 4 is 26.8 Å². The molecule has 0 aliphatic rings. The fourth-order valence-electron chi connectivity index (χ4n) is 2.58. The zero-order valence-electron chi connectivity index (χ0n) is 15.7. The molecule has 1 atom stereocenters. The third kappa shape index (κ3) is 7.03. The van der Waals surface area contributed by atoms with Crippen molar-refractivity contribution in [3.8, 4) is 0 Å². The smallest absolute Gasteiger partial charge is 0.191 e. The van der Waals surface area contributed by atoms with Gasteiger partial charge in [-0.1, -0.05) is 12.1 Å². The third-order valence-electron chi connectivity index (χ3n) is 3.93. The number of aromatic nitrogens is 2. The normalized spacial score (nSPS) is 13.7. The second-order valence-electron chi connectivity index (χ2n) is 6.53. The number of benzene rings is 1. The zero-order valence-corrected chi connectivity index (χ0v) is 16.6. The minimum Gasteiger partial charge on any atom is -0.357 e. The highest BCUT2D eigenvalue weighted by Crippen LogP contribution is 2.11. The molecule has 2 aromatic rings. The first kappa shape index (κ1) is 20.2. The molecule has 0 saturated heterocycles. The van der Waals surface area contributed by atoms with E-state index in [-0.39, 0.29) is 11.8 Å². The Morgan fingerprint density at radius 2 is 2.12 bits per heavy atom. The highest BCUT2D eigenvalue weighted by Gasteiger charge is 2.09. The van der Waals surface area contributed by atoms with Crippen molar-refractivity contribution < 1.29 is 8.42 Å². The van der Waals surface area contributed by atoms with Gasteiger partial charge in [0.05, 0.1) is 16.8 Å². The predicted octanol–water partition coefficient (Wildman–Crippen LogP) is 1.87. The fraction of sp³-hybridized carbons (Fsp3) is 0.556. The number of aryl methyl sites for hydroxylation is 1. The summed E-state index contributed by atoms with van der Waals surface area (Å²) in [6, 6.07) is 8.04. The van der Waals surface area contributed by atoms with Crippen molar-refractivity contribution in [2.75, 3.05) is 25.1 Å². The molecule has 0 aliphatic carbocycles. The molecule has 2 rings (SSSR count). The van der Waals surface area contributed by atoms with E-state index in [1.54, 1.807) is 0 Å². The van der Waals surface area contributed by atoms with Crippen LogP contribution in [0.3, 0.4) is 0 Å². The van der Waals surface area contributed by atoms with Gasteiger partial charge < -0.3 is 15.6 Å². The number of sulfone groups is 1. The van der Waals surface area contributed by atoms with E-state index in [0.29, 0.717) is 13.0 Å². The van der Waals surface area contributed by atoms with Crippen molar-refractivity contribution in [1.82, 2.24) is 20.6 Å². The van der Waals surface area contributed by atoms with Gasteiger partial charge in [0.25, 0.3) is 0 Å². The van der Waals surface area contributed by atoms with Gasteiger partial charge in [-0.3, -0.25) is 4.99 Å². The monoisotopic (exact) mass is 379 g/mol. The average Bonchev–Trinajstić information content (AvgIpc) is 2.99. The Labute approximate surface area is 155 Å². The largest absolute Gasteiger partial charge is 0.357 e. The van der Waals surface area contributed by atoms with Gasteiger partial charge in [0.2, 0.25) is 0 Å². The number of guanidine groups is 1. The Balaban J connectivity index is 1.82. The molecule has 1 aromatic heterocycles. The van der Waals surface area contributed by atoms with Gasteiger partial charge in [-0.2, -0.15) is 0 Å². The van der Waals surface area contributed by atoms with E-state index in [1.807, 2.05) is 38.1 Å².